The molecule has 2 aliphatic heterocycles. The molecule has 17 heteroatoms. The molecule has 2 aliphatic rings. The first-order valence-corrected chi connectivity index (χ1v) is 21.9. The summed E-state index contributed by atoms with van der Waals surface area (Å²) < 4.78 is 97.5. The van der Waals surface area contributed by atoms with E-state index in [9.17, 15) is 30.0 Å². The molecule has 14 nitrogen and oxygen atoms in total. The van der Waals surface area contributed by atoms with Crippen LogP contribution < -0.4 is 4.90 Å². The van der Waals surface area contributed by atoms with Gasteiger partial charge in [0.1, 0.15) is 6.61 Å². The maximum absolute atomic E-state index is 12.8. The lowest BCUT2D eigenvalue weighted by Gasteiger charge is -2.27. The molecular weight excluding hydrogens is 761 g/mol. The van der Waals surface area contributed by atoms with Crippen LogP contribution in [0.1, 0.15) is 70.4 Å². The summed E-state index contributed by atoms with van der Waals surface area (Å²) in [6.45, 7) is 7.26. The number of carbonyl (C=O) groups is 1. The van der Waals surface area contributed by atoms with E-state index in [1.165, 1.54) is 12.1 Å². The van der Waals surface area contributed by atoms with Gasteiger partial charge in [-0.25, -0.2) is 0 Å². The van der Waals surface area contributed by atoms with Crippen LogP contribution in [0.2, 0.25) is 0 Å². The number of benzene rings is 2. The minimum atomic E-state index is -4.05. The van der Waals surface area contributed by atoms with Gasteiger partial charge < -0.3 is 14.7 Å². The lowest BCUT2D eigenvalue weighted by molar-refractivity contribution is -0.441. The summed E-state index contributed by atoms with van der Waals surface area (Å²) in [7, 11) is -6.88. The van der Waals surface area contributed by atoms with E-state index in [2.05, 4.69) is 4.90 Å². The molecule has 0 bridgehead atoms. The normalized spacial score (nSPS) is 19.2. The molecule has 4 rings (SSSR count). The van der Waals surface area contributed by atoms with Crippen molar-refractivity contribution in [2.75, 3.05) is 58.8 Å². The van der Waals surface area contributed by atoms with Crippen LogP contribution in [0.4, 0.5) is 11.4 Å². The van der Waals surface area contributed by atoms with Crippen LogP contribution in [0.15, 0.2) is 70.1 Å². The topological polar surface area (TPSA) is 183 Å². The lowest BCUT2D eigenvalue weighted by Crippen LogP contribution is -2.32. The molecular formula is C37H51N2O12S3+. The summed E-state index contributed by atoms with van der Waals surface area (Å²) in [6.07, 6.45) is 8.30. The Morgan fingerprint density at radius 3 is 2.06 bits per heavy atom. The zero-order chi connectivity index (χ0) is 40.1. The van der Waals surface area contributed by atoms with E-state index in [4.69, 9.17) is 22.4 Å². The Balaban J connectivity index is 1.85. The van der Waals surface area contributed by atoms with Crippen LogP contribution in [0.3, 0.4) is 0 Å². The van der Waals surface area contributed by atoms with Gasteiger partial charge in [-0.15, -0.1) is 0 Å². The fraction of sp³-hybridized carbons (Fsp3) is 0.514. The molecule has 0 radical (unpaired) electrons. The van der Waals surface area contributed by atoms with E-state index in [-0.39, 0.29) is 28.4 Å². The Hall–Kier alpha value is -3.45. The highest BCUT2D eigenvalue weighted by Crippen LogP contribution is 2.49. The van der Waals surface area contributed by atoms with Gasteiger partial charge in [-0.2, -0.15) is 29.8 Å². The Labute approximate surface area is 319 Å². The summed E-state index contributed by atoms with van der Waals surface area (Å²) in [5.41, 5.74) is 3.17. The second kappa shape index (κ2) is 17.1. The summed E-state index contributed by atoms with van der Waals surface area (Å²) >= 11 is 0. The van der Waals surface area contributed by atoms with Gasteiger partial charge in [0.25, 0.3) is 30.4 Å². The zero-order valence-corrected chi connectivity index (χ0v) is 34.3. The molecule has 54 heavy (non-hydrogen) atoms. The van der Waals surface area contributed by atoms with Gasteiger partial charge in [-0.3, -0.25) is 17.3 Å². The van der Waals surface area contributed by atoms with Crippen molar-refractivity contribution >= 4 is 53.4 Å². The first kappa shape index (κ1) is 43.3. The summed E-state index contributed by atoms with van der Waals surface area (Å²) in [4.78, 5) is 13.2. The van der Waals surface area contributed by atoms with Gasteiger partial charge in [0.05, 0.1) is 42.3 Å². The predicted octanol–water partition coefficient (Wildman–Crippen LogP) is 5.00. The summed E-state index contributed by atoms with van der Waals surface area (Å²) in [5, 5.41) is 9.12. The molecule has 1 atom stereocenters. The van der Waals surface area contributed by atoms with Crippen molar-refractivity contribution < 1.29 is 57.0 Å². The molecule has 2 aromatic carbocycles. The first-order chi connectivity index (χ1) is 25.3. The summed E-state index contributed by atoms with van der Waals surface area (Å²) in [6, 6.07) is 9.67. The molecule has 0 aliphatic carbocycles. The smallest absolute Gasteiger partial charge is 0.303 e. The SMILES string of the molecule is COCC[N+]1=C(/C=C/C=C2/N(CCCCCC(=O)O)c3ccc(S(=O)(=O)OC)cc3C2(C)C)C(C)(CCCS(=O)(=O)OC)c2cc(S(=O)(=O)OC)ccc21. The van der Waals surface area contributed by atoms with Crippen molar-refractivity contribution in [1.29, 1.82) is 0 Å². The molecule has 0 saturated heterocycles. The number of anilines is 1. The quantitative estimate of drug-likeness (QED) is 0.107. The van der Waals surface area contributed by atoms with E-state index in [1.807, 2.05) is 43.6 Å². The third-order valence-electron chi connectivity index (χ3n) is 10.2. The van der Waals surface area contributed by atoms with Crippen molar-refractivity contribution in [2.24, 2.45) is 0 Å². The van der Waals surface area contributed by atoms with Gasteiger partial charge in [-0.05, 0) is 74.6 Å². The molecule has 0 amide bonds. The van der Waals surface area contributed by atoms with Gasteiger partial charge in [-0.1, -0.05) is 26.3 Å². The van der Waals surface area contributed by atoms with Crippen LogP contribution in [0.25, 0.3) is 0 Å². The number of unbranched alkanes of at least 4 members (excludes halogenated alkanes) is 2. The number of ether oxygens (including phenoxy) is 1. The van der Waals surface area contributed by atoms with Crippen molar-refractivity contribution in [1.82, 2.24) is 0 Å². The van der Waals surface area contributed by atoms with Gasteiger partial charge in [0.2, 0.25) is 5.69 Å². The van der Waals surface area contributed by atoms with Crippen molar-refractivity contribution in [3.8, 4) is 0 Å². The average Bonchev–Trinajstić information content (AvgIpc) is 3.48. The number of fused-ring (bicyclic) bond motifs is 2. The molecule has 0 fully saturated rings. The number of carboxylic acid groups (broad SMARTS) is 1. The molecule has 0 saturated carbocycles. The van der Waals surface area contributed by atoms with Crippen molar-refractivity contribution in [2.45, 2.75) is 79.9 Å². The Morgan fingerprint density at radius 2 is 1.46 bits per heavy atom. The minimum Gasteiger partial charge on any atom is -0.481 e. The summed E-state index contributed by atoms with van der Waals surface area (Å²) in [5.74, 6) is -1.09. The predicted molar refractivity (Wildman–Crippen MR) is 204 cm³/mol. The van der Waals surface area contributed by atoms with Gasteiger partial charge in [0.15, 0.2) is 12.3 Å². The molecule has 0 aromatic heterocycles. The fourth-order valence-corrected chi connectivity index (χ4v) is 9.30. The highest BCUT2D eigenvalue weighted by atomic mass is 32.2. The van der Waals surface area contributed by atoms with Crippen molar-refractivity contribution in [3.63, 3.8) is 0 Å². The third kappa shape index (κ3) is 9.15. The standard InChI is InChI=1S/C37H50N2O12S3/c1-36(2)29-25-27(53(44,45)50-6)16-18-31(29)38(21-10-8-9-15-35(40)41)33(36)13-11-14-34-37(3,20-12-24-52(42,43)49-5)30-26-28(54(46,47)51-7)17-19-32(30)39(34)22-23-48-4/h11,13-14,16-19,25-26H,8-10,12,15,20-24H2,1-7H3/p+1. The van der Waals surface area contributed by atoms with E-state index in [0.29, 0.717) is 50.9 Å². The average molecular weight is 812 g/mol. The number of rotatable bonds is 20. The highest BCUT2D eigenvalue weighted by Gasteiger charge is 2.48. The molecule has 2 aromatic rings. The molecule has 1 unspecified atom stereocenters. The number of carboxylic acids is 1. The molecule has 2 heterocycles. The van der Waals surface area contributed by atoms with Crippen LogP contribution in [-0.4, -0.2) is 101 Å². The third-order valence-corrected chi connectivity index (χ3v) is 14.1. The largest absolute Gasteiger partial charge is 0.481 e. The molecule has 0 spiro atoms. The van der Waals surface area contributed by atoms with Crippen molar-refractivity contribution in [3.05, 3.63) is 71.5 Å². The lowest BCUT2D eigenvalue weighted by atomic mass is 9.75. The minimum absolute atomic E-state index is 0.0298. The highest BCUT2D eigenvalue weighted by molar-refractivity contribution is 7.87. The number of allylic oxidation sites excluding steroid dienone is 4. The second-order valence-corrected chi connectivity index (χ2v) is 19.2. The number of nitrogens with zero attached hydrogens (tertiary/aromatic N) is 2. The maximum atomic E-state index is 12.8. The van der Waals surface area contributed by atoms with E-state index < -0.39 is 47.2 Å². The number of hydrogen-bond donors (Lipinski definition) is 1. The van der Waals surface area contributed by atoms with E-state index in [1.54, 1.807) is 31.4 Å². The van der Waals surface area contributed by atoms with E-state index in [0.717, 1.165) is 49.7 Å². The van der Waals surface area contributed by atoms with Gasteiger partial charge in [0, 0.05) is 54.6 Å². The van der Waals surface area contributed by atoms with Crippen LogP contribution >= 0.6 is 0 Å². The fourth-order valence-electron chi connectivity index (χ4n) is 7.26. The molecule has 298 valence electrons. The van der Waals surface area contributed by atoms with Crippen LogP contribution in [-0.2, 0) is 63.3 Å². The Morgan fingerprint density at radius 1 is 0.833 bits per heavy atom. The Bertz CT molecular complexity index is 2160. The van der Waals surface area contributed by atoms with E-state index >= 15 is 0 Å². The second-order valence-electron chi connectivity index (χ2n) is 13.9. The number of hydrogen-bond acceptors (Lipinski definition) is 12. The zero-order valence-electron chi connectivity index (χ0n) is 31.8. The Kier molecular flexibility index (Phi) is 13.7. The van der Waals surface area contributed by atoms with Crippen LogP contribution in [0, 0.1) is 0 Å². The maximum Gasteiger partial charge on any atom is 0.303 e. The monoisotopic (exact) mass is 811 g/mol. The van der Waals surface area contributed by atoms with Gasteiger partial charge >= 0.3 is 5.97 Å². The number of aliphatic carboxylic acids is 1. The van der Waals surface area contributed by atoms with Crippen LogP contribution in [0.5, 0.6) is 0 Å². The first-order valence-electron chi connectivity index (χ1n) is 17.5. The number of methoxy groups -OCH3 is 1. The molecule has 1 N–H and O–H groups in total.